The summed E-state index contributed by atoms with van der Waals surface area (Å²) in [6.45, 7) is 6.52. The number of aryl methyl sites for hydroxylation is 1. The van der Waals surface area contributed by atoms with E-state index in [-0.39, 0.29) is 49.3 Å². The minimum Gasteiger partial charge on any atom is -0.871 e. The van der Waals surface area contributed by atoms with Crippen LogP contribution in [0.2, 0.25) is 0 Å². The van der Waals surface area contributed by atoms with Crippen LogP contribution in [0.3, 0.4) is 0 Å². The van der Waals surface area contributed by atoms with Gasteiger partial charge in [0.05, 0.1) is 15.3 Å². The second kappa shape index (κ2) is 23.2. The SMILES string of the molecule is CC1=C/C2=C/NCCC[NH+]=Cc3cc(C)cc(c3[O-])C=NCCCN=CC(=C1)C2=O.O=[N+]([O-])[O-].O=[N+]([O-])[O-].O=[N+]([O-])[O-].[Ho+3]. The monoisotopic (exact) mass is 755 g/mol. The second-order valence-corrected chi connectivity index (χ2v) is 8.19. The molecular formula is C24H28HoN7O11. The van der Waals surface area contributed by atoms with Crippen LogP contribution in [-0.2, 0) is 4.79 Å². The third kappa shape index (κ3) is 21.0. The van der Waals surface area contributed by atoms with Crippen LogP contribution in [0, 0.1) is 90.6 Å². The van der Waals surface area contributed by atoms with E-state index >= 15 is 0 Å². The largest absolute Gasteiger partial charge is 3.00 e. The average Bonchev–Trinajstić information content (AvgIpc) is 2.86. The number of carbonyl (C=O) groups excluding carboxylic acids is 1. The molecule has 3 rings (SSSR count). The second-order valence-electron chi connectivity index (χ2n) is 8.19. The molecule has 1 aromatic carbocycles. The van der Waals surface area contributed by atoms with Crippen molar-refractivity contribution in [2.45, 2.75) is 26.7 Å². The van der Waals surface area contributed by atoms with Crippen LogP contribution in [0.1, 0.15) is 36.5 Å². The Hall–Kier alpha value is -4.42. The molecule has 2 aliphatic rings. The molecule has 0 saturated carbocycles. The number of fused-ring (bicyclic) bond motifs is 4. The van der Waals surface area contributed by atoms with Crippen LogP contribution in [-0.4, -0.2) is 65.9 Å². The third-order valence-electron chi connectivity index (χ3n) is 4.77. The number of benzene rings is 1. The van der Waals surface area contributed by atoms with Gasteiger partial charge in [-0.3, -0.25) is 14.8 Å². The van der Waals surface area contributed by atoms with Crippen LogP contribution in [0.25, 0.3) is 0 Å². The molecule has 0 radical (unpaired) electrons. The number of carbonyl (C=O) groups is 1. The van der Waals surface area contributed by atoms with Gasteiger partial charge in [0, 0.05) is 61.4 Å². The molecule has 1 aromatic rings. The summed E-state index contributed by atoms with van der Waals surface area (Å²) in [5.41, 5.74) is 4.52. The molecule has 2 N–H and O–H groups in total. The molecule has 0 fully saturated rings. The van der Waals surface area contributed by atoms with Crippen molar-refractivity contribution in [3.63, 3.8) is 0 Å². The fourth-order valence-corrected chi connectivity index (χ4v) is 3.30. The van der Waals surface area contributed by atoms with E-state index in [1.54, 1.807) is 24.8 Å². The number of hydrogen-bond donors (Lipinski definition) is 2. The standard InChI is InChI=1S/C24H28N4O2.Ho.3NO3/c1-17-9-19-13-25-5-3-7-27-15-21-11-18(2)12-22(24(21)30)16-28-8-4-6-26-14-20(10-17)23(19)29;;3*2-1(3)4/h9-16,25,30H,3-8H2,1-2H3;;;;/q;+3;3*-1/b19-13-,26-14?,27-15?,28-16?;;;;. The first kappa shape index (κ1) is 40.7. The van der Waals surface area contributed by atoms with E-state index in [9.17, 15) is 9.90 Å². The van der Waals surface area contributed by atoms with E-state index in [1.165, 1.54) is 0 Å². The molecule has 236 valence electrons. The number of aliphatic imine (C=N–C) groups is 2. The van der Waals surface area contributed by atoms with Crippen molar-refractivity contribution >= 4 is 24.4 Å². The van der Waals surface area contributed by atoms with Crippen LogP contribution in [0.4, 0.5) is 0 Å². The Morgan fingerprint density at radius 2 is 1.35 bits per heavy atom. The average molecular weight is 755 g/mol. The molecule has 0 saturated heterocycles. The topological polar surface area (TPSA) is 289 Å². The van der Waals surface area contributed by atoms with Crippen molar-refractivity contribution in [1.29, 1.82) is 0 Å². The van der Waals surface area contributed by atoms with Crippen LogP contribution >= 0.6 is 0 Å². The number of nitrogens with one attached hydrogen (secondary N) is 2. The smallest absolute Gasteiger partial charge is 0.871 e. The van der Waals surface area contributed by atoms with E-state index in [4.69, 9.17) is 46.0 Å². The first-order chi connectivity index (χ1) is 19.7. The fourth-order valence-electron chi connectivity index (χ4n) is 3.30. The predicted octanol–water partition coefficient (Wildman–Crippen LogP) is 0.0632. The number of Topliss-reactive ketones (excluding diaryl/α,β-unsaturated/α-hetero) is 1. The zero-order valence-corrected chi connectivity index (χ0v) is 24.8. The Morgan fingerprint density at radius 3 is 1.93 bits per heavy atom. The quantitative estimate of drug-likeness (QED) is 0.202. The summed E-state index contributed by atoms with van der Waals surface area (Å²) in [7, 11) is 0. The van der Waals surface area contributed by atoms with Crippen molar-refractivity contribution < 1.29 is 67.9 Å². The molecule has 18 nitrogen and oxygen atoms in total. The van der Waals surface area contributed by atoms with Crippen LogP contribution < -0.4 is 15.4 Å². The van der Waals surface area contributed by atoms with Gasteiger partial charge in [0.2, 0.25) is 0 Å². The van der Waals surface area contributed by atoms with Gasteiger partial charge in [-0.1, -0.05) is 11.8 Å². The molecule has 0 atom stereocenters. The molecule has 1 aliphatic heterocycles. The molecule has 1 heterocycles. The predicted molar refractivity (Wildman–Crippen MR) is 151 cm³/mol. The zero-order valence-electron chi connectivity index (χ0n) is 22.9. The van der Waals surface area contributed by atoms with Gasteiger partial charge in [-0.05, 0) is 55.2 Å². The molecule has 0 spiro atoms. The first-order valence-corrected chi connectivity index (χ1v) is 11.9. The van der Waals surface area contributed by atoms with E-state index in [0.717, 1.165) is 24.0 Å². The number of allylic oxidation sites excluding steroid dienone is 5. The third-order valence-corrected chi connectivity index (χ3v) is 4.77. The van der Waals surface area contributed by atoms with E-state index in [2.05, 4.69) is 20.3 Å². The number of ketones is 1. The van der Waals surface area contributed by atoms with Gasteiger partial charge in [0.25, 0.3) is 0 Å². The maximum absolute atomic E-state index is 12.6. The summed E-state index contributed by atoms with van der Waals surface area (Å²) in [5.74, 6) is -0.0415. The van der Waals surface area contributed by atoms with Crippen molar-refractivity contribution in [2.24, 2.45) is 9.98 Å². The molecule has 1 aliphatic carbocycles. The van der Waals surface area contributed by atoms with Gasteiger partial charge >= 0.3 is 37.7 Å². The summed E-state index contributed by atoms with van der Waals surface area (Å²) >= 11 is 0. The molecule has 19 heteroatoms. The Labute approximate surface area is 274 Å². The van der Waals surface area contributed by atoms with Crippen LogP contribution in [0.15, 0.2) is 57.2 Å². The van der Waals surface area contributed by atoms with Gasteiger partial charge in [-0.2, -0.15) is 0 Å². The summed E-state index contributed by atoms with van der Waals surface area (Å²) in [6, 6.07) is 3.74. The Morgan fingerprint density at radius 1 is 0.814 bits per heavy atom. The summed E-state index contributed by atoms with van der Waals surface area (Å²) in [5, 5.41) is 60.1. The maximum atomic E-state index is 12.6. The van der Waals surface area contributed by atoms with Crippen molar-refractivity contribution in [3.05, 3.63) is 110 Å². The zero-order chi connectivity index (χ0) is 32.1. The van der Waals surface area contributed by atoms with Gasteiger partial charge in [-0.25, -0.2) is 4.99 Å². The Bertz CT molecular complexity index is 1250. The maximum Gasteiger partial charge on any atom is 3.00 e. The number of nitrogens with zero attached hydrogens (tertiary/aromatic N) is 5. The minimum atomic E-state index is -1.75. The number of rotatable bonds is 0. The fraction of sp³-hybridized carbons (Fsp3) is 0.333. The Kier molecular flexibility index (Phi) is 21.9. The van der Waals surface area contributed by atoms with Gasteiger partial charge in [0.1, 0.15) is 6.54 Å². The minimum absolute atomic E-state index is 0. The normalized spacial score (nSPS) is 15.6. The van der Waals surface area contributed by atoms with Gasteiger partial charge in [-0.15, -0.1) is 0 Å². The van der Waals surface area contributed by atoms with E-state index in [0.29, 0.717) is 48.5 Å². The van der Waals surface area contributed by atoms with Crippen molar-refractivity contribution in [1.82, 2.24) is 5.32 Å². The summed E-state index contributed by atoms with van der Waals surface area (Å²) < 4.78 is 0. The first-order valence-electron chi connectivity index (χ1n) is 11.9. The molecule has 4 bridgehead atoms. The molecule has 0 aromatic heterocycles. The molecule has 43 heavy (non-hydrogen) atoms. The van der Waals surface area contributed by atoms with Crippen molar-refractivity contribution in [3.8, 4) is 5.75 Å². The number of hydrogen-bond acceptors (Lipinski definition) is 14. The summed E-state index contributed by atoms with van der Waals surface area (Å²) in [4.78, 5) is 49.3. The molecule has 0 unspecified atom stereocenters. The van der Waals surface area contributed by atoms with E-state index < -0.39 is 15.3 Å². The van der Waals surface area contributed by atoms with E-state index in [1.807, 2.05) is 38.1 Å². The van der Waals surface area contributed by atoms with Gasteiger partial charge in [0.15, 0.2) is 12.0 Å². The van der Waals surface area contributed by atoms with Crippen molar-refractivity contribution in [2.75, 3.05) is 26.2 Å². The molecule has 0 amide bonds. The van der Waals surface area contributed by atoms with Crippen LogP contribution in [0.5, 0.6) is 5.75 Å². The summed E-state index contributed by atoms with van der Waals surface area (Å²) in [6.07, 6.45) is 12.2. The Balaban J connectivity index is 0. The van der Waals surface area contributed by atoms with Gasteiger partial charge < -0.3 is 56.4 Å². The molecular weight excluding hydrogens is 727 g/mol.